The fourth-order valence-electron chi connectivity index (χ4n) is 1.09. The molecule has 0 radical (unpaired) electrons. The number of hydrogen-bond donors (Lipinski definition) is 1. The monoisotopic (exact) mass is 196 g/mol. The van der Waals surface area contributed by atoms with Gasteiger partial charge < -0.3 is 9.84 Å². The normalized spacial score (nSPS) is 11.1. The summed E-state index contributed by atoms with van der Waals surface area (Å²) in [6.07, 6.45) is 0.0557. The summed E-state index contributed by atoms with van der Waals surface area (Å²) in [6.45, 7) is 0. The van der Waals surface area contributed by atoms with Gasteiger partial charge in [-0.1, -0.05) is 18.2 Å². The molecule has 0 saturated heterocycles. The van der Waals surface area contributed by atoms with Crippen molar-refractivity contribution in [3.63, 3.8) is 0 Å². The molecule has 1 rings (SSSR count). The number of methoxy groups -OCH3 is 1. The Bertz CT molecular complexity index is 371. The first-order valence-corrected chi connectivity index (χ1v) is 3.87. The van der Waals surface area contributed by atoms with Gasteiger partial charge in [-0.2, -0.15) is 0 Å². The standard InChI is InChI=1S/C10H9FO3/c1-14-9-5-3-2-4-7(9)8(6-11)10(12)13/h2-6H,1H3,(H,12,13). The number of aliphatic carboxylic acids is 1. The second kappa shape index (κ2) is 4.41. The van der Waals surface area contributed by atoms with Crippen LogP contribution in [0.5, 0.6) is 5.75 Å². The Morgan fingerprint density at radius 3 is 2.64 bits per heavy atom. The molecular weight excluding hydrogens is 187 g/mol. The summed E-state index contributed by atoms with van der Waals surface area (Å²) in [7, 11) is 1.40. The van der Waals surface area contributed by atoms with Crippen LogP contribution in [0.4, 0.5) is 4.39 Å². The third-order valence-corrected chi connectivity index (χ3v) is 1.74. The van der Waals surface area contributed by atoms with Crippen molar-refractivity contribution in [2.24, 2.45) is 0 Å². The number of hydrogen-bond acceptors (Lipinski definition) is 2. The maximum atomic E-state index is 12.3. The molecule has 1 aromatic carbocycles. The largest absolute Gasteiger partial charge is 0.496 e. The van der Waals surface area contributed by atoms with E-state index in [1.165, 1.54) is 13.2 Å². The fourth-order valence-corrected chi connectivity index (χ4v) is 1.09. The first-order valence-electron chi connectivity index (χ1n) is 3.87. The zero-order chi connectivity index (χ0) is 10.6. The smallest absolute Gasteiger partial charge is 0.338 e. The third-order valence-electron chi connectivity index (χ3n) is 1.74. The molecular formula is C10H9FO3. The van der Waals surface area contributed by atoms with Crippen LogP contribution in [0.25, 0.3) is 5.57 Å². The molecule has 0 amide bonds. The highest BCUT2D eigenvalue weighted by Gasteiger charge is 2.14. The Hall–Kier alpha value is -1.84. The van der Waals surface area contributed by atoms with Gasteiger partial charge in [0.15, 0.2) is 0 Å². The maximum absolute atomic E-state index is 12.3. The highest BCUT2D eigenvalue weighted by atomic mass is 19.1. The summed E-state index contributed by atoms with van der Waals surface area (Å²) in [6, 6.07) is 6.35. The van der Waals surface area contributed by atoms with E-state index in [9.17, 15) is 9.18 Å². The molecule has 0 aliphatic rings. The Kier molecular flexibility index (Phi) is 3.23. The molecule has 3 nitrogen and oxygen atoms in total. The number of ether oxygens (including phenoxy) is 1. The van der Waals surface area contributed by atoms with Gasteiger partial charge >= 0.3 is 5.97 Å². The highest BCUT2D eigenvalue weighted by molar-refractivity contribution is 6.15. The summed E-state index contributed by atoms with van der Waals surface area (Å²) < 4.78 is 17.2. The molecule has 74 valence electrons. The molecule has 0 aliphatic heterocycles. The van der Waals surface area contributed by atoms with E-state index in [0.717, 1.165) is 0 Å². The number of carboxylic acids is 1. The van der Waals surface area contributed by atoms with E-state index in [2.05, 4.69) is 0 Å². The SMILES string of the molecule is COc1ccccc1C(=CF)C(=O)O. The molecule has 1 aromatic rings. The predicted molar refractivity (Wildman–Crippen MR) is 49.7 cm³/mol. The van der Waals surface area contributed by atoms with Crippen molar-refractivity contribution >= 4 is 11.5 Å². The van der Waals surface area contributed by atoms with Gasteiger partial charge in [0.25, 0.3) is 0 Å². The van der Waals surface area contributed by atoms with Crippen LogP contribution in [0.1, 0.15) is 5.56 Å². The number of carboxylic acid groups (broad SMARTS) is 1. The van der Waals surface area contributed by atoms with Gasteiger partial charge in [-0.3, -0.25) is 0 Å². The molecule has 0 saturated carbocycles. The van der Waals surface area contributed by atoms with Crippen molar-refractivity contribution in [3.05, 3.63) is 36.2 Å². The fraction of sp³-hybridized carbons (Fsp3) is 0.100. The zero-order valence-electron chi connectivity index (χ0n) is 7.53. The average Bonchev–Trinajstić information content (AvgIpc) is 2.19. The Morgan fingerprint density at radius 2 is 2.14 bits per heavy atom. The Labute approximate surface area is 80.4 Å². The number of carbonyl (C=O) groups is 1. The van der Waals surface area contributed by atoms with Gasteiger partial charge in [0.1, 0.15) is 12.1 Å². The summed E-state index contributed by atoms with van der Waals surface area (Å²) in [5, 5.41) is 8.68. The lowest BCUT2D eigenvalue weighted by atomic mass is 10.1. The highest BCUT2D eigenvalue weighted by Crippen LogP contribution is 2.25. The second-order valence-corrected chi connectivity index (χ2v) is 2.53. The van der Waals surface area contributed by atoms with Crippen LogP contribution < -0.4 is 4.74 Å². The molecule has 1 N–H and O–H groups in total. The van der Waals surface area contributed by atoms with Gasteiger partial charge in [-0.05, 0) is 6.07 Å². The summed E-state index contributed by atoms with van der Waals surface area (Å²) in [4.78, 5) is 10.6. The summed E-state index contributed by atoms with van der Waals surface area (Å²) in [5.74, 6) is -0.990. The van der Waals surface area contributed by atoms with Crippen molar-refractivity contribution in [2.45, 2.75) is 0 Å². The molecule has 0 bridgehead atoms. The number of para-hydroxylation sites is 1. The predicted octanol–water partition coefficient (Wildman–Crippen LogP) is 2.09. The van der Waals surface area contributed by atoms with Crippen LogP contribution in [-0.4, -0.2) is 18.2 Å². The minimum atomic E-state index is -1.32. The van der Waals surface area contributed by atoms with Crippen LogP contribution >= 0.6 is 0 Å². The topological polar surface area (TPSA) is 46.5 Å². The minimum Gasteiger partial charge on any atom is -0.496 e. The van der Waals surface area contributed by atoms with Gasteiger partial charge in [0, 0.05) is 5.56 Å². The lowest BCUT2D eigenvalue weighted by Crippen LogP contribution is -2.01. The van der Waals surface area contributed by atoms with Crippen LogP contribution in [0.2, 0.25) is 0 Å². The molecule has 4 heteroatoms. The molecule has 14 heavy (non-hydrogen) atoms. The first-order chi connectivity index (χ1) is 6.70. The number of halogens is 1. The van der Waals surface area contributed by atoms with E-state index < -0.39 is 11.5 Å². The van der Waals surface area contributed by atoms with E-state index in [1.54, 1.807) is 18.2 Å². The van der Waals surface area contributed by atoms with Crippen LogP contribution in [0, 0.1) is 0 Å². The lowest BCUT2D eigenvalue weighted by Gasteiger charge is -2.06. The van der Waals surface area contributed by atoms with E-state index in [-0.39, 0.29) is 11.9 Å². The van der Waals surface area contributed by atoms with Crippen LogP contribution in [0.3, 0.4) is 0 Å². The minimum absolute atomic E-state index is 0.0557. The molecule has 0 aliphatic carbocycles. The van der Waals surface area contributed by atoms with Crippen molar-refractivity contribution in [3.8, 4) is 5.75 Å². The van der Waals surface area contributed by atoms with E-state index >= 15 is 0 Å². The van der Waals surface area contributed by atoms with Crippen LogP contribution in [0.15, 0.2) is 30.6 Å². The lowest BCUT2D eigenvalue weighted by molar-refractivity contribution is -0.130. The van der Waals surface area contributed by atoms with E-state index in [0.29, 0.717) is 5.75 Å². The summed E-state index contributed by atoms with van der Waals surface area (Å²) in [5.41, 5.74) is -0.188. The van der Waals surface area contributed by atoms with Crippen molar-refractivity contribution in [1.82, 2.24) is 0 Å². The second-order valence-electron chi connectivity index (χ2n) is 2.53. The zero-order valence-corrected chi connectivity index (χ0v) is 7.53. The molecule has 0 aromatic heterocycles. The Morgan fingerprint density at radius 1 is 1.50 bits per heavy atom. The van der Waals surface area contributed by atoms with Gasteiger partial charge in [-0.25, -0.2) is 9.18 Å². The van der Waals surface area contributed by atoms with Crippen LogP contribution in [-0.2, 0) is 4.79 Å². The average molecular weight is 196 g/mol. The summed E-state index contributed by atoms with van der Waals surface area (Å²) >= 11 is 0. The number of rotatable bonds is 3. The number of benzene rings is 1. The molecule has 0 spiro atoms. The molecule has 0 atom stereocenters. The van der Waals surface area contributed by atoms with Gasteiger partial charge in [0.2, 0.25) is 0 Å². The van der Waals surface area contributed by atoms with E-state index in [4.69, 9.17) is 9.84 Å². The molecule has 0 unspecified atom stereocenters. The van der Waals surface area contributed by atoms with Crippen molar-refractivity contribution in [1.29, 1.82) is 0 Å². The third kappa shape index (κ3) is 1.90. The van der Waals surface area contributed by atoms with Gasteiger partial charge in [0.05, 0.1) is 12.7 Å². The molecule has 0 heterocycles. The molecule has 0 fully saturated rings. The van der Waals surface area contributed by atoms with Crippen molar-refractivity contribution in [2.75, 3.05) is 7.11 Å². The quantitative estimate of drug-likeness (QED) is 0.753. The van der Waals surface area contributed by atoms with Gasteiger partial charge in [-0.15, -0.1) is 0 Å². The maximum Gasteiger partial charge on any atom is 0.338 e. The first kappa shape index (κ1) is 10.2. The van der Waals surface area contributed by atoms with E-state index in [1.807, 2.05) is 0 Å². The van der Waals surface area contributed by atoms with Crippen molar-refractivity contribution < 1.29 is 19.0 Å². The Balaban J connectivity index is 3.23.